The molecule has 0 N–H and O–H groups in total. The summed E-state index contributed by atoms with van der Waals surface area (Å²) < 4.78 is 0. The molecule has 0 aliphatic carbocycles. The van der Waals surface area contributed by atoms with Gasteiger partial charge in [-0.1, -0.05) is 83.1 Å². The first-order valence-corrected chi connectivity index (χ1v) is 14.4. The molecule has 0 aliphatic heterocycles. The highest BCUT2D eigenvalue weighted by atomic mass is 14.2. The van der Waals surface area contributed by atoms with Gasteiger partial charge in [0.25, 0.3) is 0 Å². The van der Waals surface area contributed by atoms with Crippen LogP contribution in [0.2, 0.25) is 0 Å². The maximum atomic E-state index is 2.54. The van der Waals surface area contributed by atoms with Gasteiger partial charge in [-0.3, -0.25) is 0 Å². The van der Waals surface area contributed by atoms with Crippen LogP contribution in [-0.2, 0) is 0 Å². The van der Waals surface area contributed by atoms with Crippen LogP contribution in [0, 0.1) is 0 Å². The van der Waals surface area contributed by atoms with Gasteiger partial charge in [0.2, 0.25) is 0 Å². The van der Waals surface area contributed by atoms with Crippen molar-refractivity contribution < 1.29 is 0 Å². The minimum absolute atomic E-state index is 0.506. The molecule has 0 saturated carbocycles. The van der Waals surface area contributed by atoms with Crippen LogP contribution in [0.3, 0.4) is 0 Å². The van der Waals surface area contributed by atoms with Gasteiger partial charge in [-0.05, 0) is 138 Å². The van der Waals surface area contributed by atoms with Crippen molar-refractivity contribution in [2.45, 2.75) is 119 Å². The van der Waals surface area contributed by atoms with Crippen LogP contribution in [0.15, 0.2) is 36.4 Å². The van der Waals surface area contributed by atoms with Crippen LogP contribution in [-0.4, -0.2) is 0 Å². The lowest BCUT2D eigenvalue weighted by Crippen LogP contribution is -2.03. The molecule has 0 amide bonds. The minimum atomic E-state index is 0.506. The average molecular weight is 481 g/mol. The van der Waals surface area contributed by atoms with E-state index in [1.807, 2.05) is 0 Å². The van der Waals surface area contributed by atoms with Gasteiger partial charge in [-0.25, -0.2) is 0 Å². The van der Waals surface area contributed by atoms with E-state index in [2.05, 4.69) is 119 Å². The predicted octanol–water partition coefficient (Wildman–Crippen LogP) is 11.9. The third kappa shape index (κ3) is 4.46. The zero-order valence-corrected chi connectivity index (χ0v) is 24.9. The molecule has 0 fully saturated rings. The molecule has 0 heteroatoms. The number of benzene rings is 4. The Kier molecular flexibility index (Phi) is 7.31. The van der Waals surface area contributed by atoms with Crippen molar-refractivity contribution in [3.63, 3.8) is 0 Å². The number of hydrogen-bond acceptors (Lipinski definition) is 0. The Balaban J connectivity index is 2.35. The summed E-state index contributed by atoms with van der Waals surface area (Å²) in [6.07, 6.45) is 0. The summed E-state index contributed by atoms with van der Waals surface area (Å²) >= 11 is 0. The summed E-state index contributed by atoms with van der Waals surface area (Å²) in [6.45, 7) is 28.1. The quantitative estimate of drug-likeness (QED) is 0.241. The van der Waals surface area contributed by atoms with E-state index >= 15 is 0 Å². The van der Waals surface area contributed by atoms with E-state index in [0.717, 1.165) is 0 Å². The Hall–Kier alpha value is -2.34. The molecule has 192 valence electrons. The van der Waals surface area contributed by atoms with Gasteiger partial charge in [0.1, 0.15) is 0 Å². The van der Waals surface area contributed by atoms with Crippen molar-refractivity contribution in [1.82, 2.24) is 0 Å². The largest absolute Gasteiger partial charge is 0.0587 e. The maximum absolute atomic E-state index is 2.54. The van der Waals surface area contributed by atoms with Crippen molar-refractivity contribution in [2.75, 3.05) is 0 Å². The second-order valence-corrected chi connectivity index (χ2v) is 13.0. The van der Waals surface area contributed by atoms with Gasteiger partial charge < -0.3 is 0 Å². The molecule has 0 spiro atoms. The average Bonchev–Trinajstić information content (AvgIpc) is 2.81. The van der Waals surface area contributed by atoms with Crippen LogP contribution in [0.25, 0.3) is 32.3 Å². The van der Waals surface area contributed by atoms with E-state index in [-0.39, 0.29) is 0 Å². The lowest BCUT2D eigenvalue weighted by Gasteiger charge is -2.24. The van der Waals surface area contributed by atoms with Crippen molar-refractivity contribution in [3.05, 3.63) is 69.8 Å². The highest BCUT2D eigenvalue weighted by molar-refractivity contribution is 6.26. The van der Waals surface area contributed by atoms with Gasteiger partial charge in [0.05, 0.1) is 0 Å². The lowest BCUT2D eigenvalue weighted by atomic mass is 9.80. The van der Waals surface area contributed by atoms with Crippen LogP contribution >= 0.6 is 0 Å². The molecule has 0 atom stereocenters. The molecular weight excluding hydrogens is 432 g/mol. The fourth-order valence-electron chi connectivity index (χ4n) is 6.24. The first-order valence-electron chi connectivity index (χ1n) is 14.4. The number of hydrogen-bond donors (Lipinski definition) is 0. The predicted molar refractivity (Wildman–Crippen MR) is 163 cm³/mol. The van der Waals surface area contributed by atoms with E-state index in [1.165, 1.54) is 65.7 Å². The minimum Gasteiger partial charge on any atom is -0.0587 e. The van der Waals surface area contributed by atoms with Gasteiger partial charge >= 0.3 is 0 Å². The molecule has 36 heavy (non-hydrogen) atoms. The standard InChI is InChI=1S/C36H48/c1-19(2)25-13-31-32(14-26(25)20(3)4)34-16-28(22(7)8)30(24(11)12)18-36(34)35-17-29(23(9)10)27(21(5)6)15-33(31)35/h13-24H,1-12H3. The molecule has 4 aromatic carbocycles. The van der Waals surface area contributed by atoms with Crippen LogP contribution in [0.1, 0.15) is 152 Å². The fraction of sp³-hybridized carbons (Fsp3) is 0.500. The van der Waals surface area contributed by atoms with Crippen molar-refractivity contribution >= 4 is 32.3 Å². The van der Waals surface area contributed by atoms with Gasteiger partial charge in [-0.2, -0.15) is 0 Å². The van der Waals surface area contributed by atoms with Gasteiger partial charge in [-0.15, -0.1) is 0 Å². The molecule has 0 aromatic heterocycles. The SMILES string of the molecule is CC(C)c1cc2c3cc(C(C)C)c(C(C)C)cc3c3cc(C(C)C)c(C(C)C)cc3c2cc1C(C)C. The summed E-state index contributed by atoms with van der Waals surface area (Å²) in [4.78, 5) is 0. The number of fused-ring (bicyclic) bond motifs is 6. The Morgan fingerprint density at radius 2 is 0.361 bits per heavy atom. The first-order chi connectivity index (χ1) is 16.8. The highest BCUT2D eigenvalue weighted by Gasteiger charge is 2.21. The molecule has 0 radical (unpaired) electrons. The van der Waals surface area contributed by atoms with Crippen LogP contribution < -0.4 is 0 Å². The zero-order chi connectivity index (χ0) is 26.6. The van der Waals surface area contributed by atoms with Crippen LogP contribution in [0.5, 0.6) is 0 Å². The zero-order valence-electron chi connectivity index (χ0n) is 24.9. The monoisotopic (exact) mass is 480 g/mol. The highest BCUT2D eigenvalue weighted by Crippen LogP contribution is 2.44. The summed E-state index contributed by atoms with van der Waals surface area (Å²) in [7, 11) is 0. The molecule has 4 rings (SSSR count). The number of rotatable bonds is 6. The second kappa shape index (κ2) is 9.85. The fourth-order valence-corrected chi connectivity index (χ4v) is 6.24. The Morgan fingerprint density at radius 3 is 0.444 bits per heavy atom. The molecule has 4 aromatic rings. The normalized spacial score (nSPS) is 12.8. The van der Waals surface area contributed by atoms with E-state index in [1.54, 1.807) is 0 Å². The van der Waals surface area contributed by atoms with E-state index < -0.39 is 0 Å². The summed E-state index contributed by atoms with van der Waals surface area (Å²) in [5, 5.41) is 8.55. The first kappa shape index (κ1) is 26.7. The van der Waals surface area contributed by atoms with E-state index in [0.29, 0.717) is 35.5 Å². The Morgan fingerprint density at radius 1 is 0.250 bits per heavy atom. The van der Waals surface area contributed by atoms with Crippen molar-refractivity contribution in [1.29, 1.82) is 0 Å². The molecule has 0 bridgehead atoms. The summed E-state index contributed by atoms with van der Waals surface area (Å²) in [5.74, 6) is 3.04. The van der Waals surface area contributed by atoms with Crippen LogP contribution in [0.4, 0.5) is 0 Å². The lowest BCUT2D eigenvalue weighted by molar-refractivity contribution is 0.791. The molecule has 0 saturated heterocycles. The van der Waals surface area contributed by atoms with Gasteiger partial charge in [0.15, 0.2) is 0 Å². The van der Waals surface area contributed by atoms with E-state index in [4.69, 9.17) is 0 Å². The summed E-state index contributed by atoms with van der Waals surface area (Å²) in [5.41, 5.74) is 9.00. The van der Waals surface area contributed by atoms with Gasteiger partial charge in [0, 0.05) is 0 Å². The second-order valence-electron chi connectivity index (χ2n) is 13.0. The maximum Gasteiger partial charge on any atom is -0.00958 e. The molecule has 0 heterocycles. The third-order valence-electron chi connectivity index (χ3n) is 8.27. The molecular formula is C36H48. The Bertz CT molecular complexity index is 1110. The topological polar surface area (TPSA) is 0 Å². The van der Waals surface area contributed by atoms with E-state index in [9.17, 15) is 0 Å². The molecule has 0 unspecified atom stereocenters. The molecule has 0 nitrogen and oxygen atoms in total. The third-order valence-corrected chi connectivity index (χ3v) is 8.27. The smallest absolute Gasteiger partial charge is 0.00958 e. The van der Waals surface area contributed by atoms with Crippen molar-refractivity contribution in [2.24, 2.45) is 0 Å². The molecule has 0 aliphatic rings. The summed E-state index contributed by atoms with van der Waals surface area (Å²) in [6, 6.07) is 15.3. The Labute approximate surface area is 220 Å². The van der Waals surface area contributed by atoms with Crippen molar-refractivity contribution in [3.8, 4) is 0 Å².